The van der Waals surface area contributed by atoms with Gasteiger partial charge in [0.1, 0.15) is 17.3 Å². The van der Waals surface area contributed by atoms with Crippen molar-refractivity contribution in [3.63, 3.8) is 0 Å². The van der Waals surface area contributed by atoms with Crippen LogP contribution in [0.5, 0.6) is 11.5 Å². The fraction of sp³-hybridized carbons (Fsp3) is 0.150. The third kappa shape index (κ3) is 3.93. The predicted octanol–water partition coefficient (Wildman–Crippen LogP) is 5.40. The molecule has 0 aliphatic carbocycles. The Balaban J connectivity index is 1.81. The topological polar surface area (TPSA) is 96.0 Å². The van der Waals surface area contributed by atoms with Gasteiger partial charge in [0.05, 0.1) is 0 Å². The zero-order valence-corrected chi connectivity index (χ0v) is 18.1. The Labute approximate surface area is 174 Å². The van der Waals surface area contributed by atoms with Crippen molar-refractivity contribution < 1.29 is 27.2 Å². The molecule has 0 fully saturated rings. The van der Waals surface area contributed by atoms with Gasteiger partial charge in [0.15, 0.2) is 0 Å². The monoisotopic (exact) mass is 446 g/mol. The molecule has 0 spiro atoms. The second-order valence-corrected chi connectivity index (χ2v) is 10.3. The number of rotatable bonds is 6. The molecule has 0 saturated carbocycles. The number of pyridine rings is 1. The minimum Gasteiger partial charge on any atom is -0.404 e. The van der Waals surface area contributed by atoms with Crippen LogP contribution in [0, 0.1) is 0 Å². The van der Waals surface area contributed by atoms with Gasteiger partial charge in [-0.2, -0.15) is 5.09 Å². The smallest absolute Gasteiger partial charge is 0.404 e. The number of para-hydroxylation sites is 2. The maximum absolute atomic E-state index is 13.8. The molecule has 1 atom stereocenters. The molecular formula is C20H20N2O6P2. The fourth-order valence-corrected chi connectivity index (χ4v) is 6.70. The molecule has 30 heavy (non-hydrogen) atoms. The van der Waals surface area contributed by atoms with Gasteiger partial charge in [-0.05, 0) is 29.8 Å². The molecular weight excluding hydrogens is 426 g/mol. The van der Waals surface area contributed by atoms with Crippen LogP contribution in [0.15, 0.2) is 73.1 Å². The molecule has 1 aliphatic rings. The summed E-state index contributed by atoms with van der Waals surface area (Å²) in [5.74, 6) is -0.383. The number of nitrogens with zero attached hydrogens (tertiary/aromatic N) is 1. The number of aromatic nitrogens is 1. The molecule has 10 heteroatoms. The molecule has 156 valence electrons. The molecule has 0 saturated heterocycles. The van der Waals surface area contributed by atoms with Gasteiger partial charge in [0, 0.05) is 37.7 Å². The van der Waals surface area contributed by atoms with E-state index in [1.807, 2.05) is 24.3 Å². The Morgan fingerprint density at radius 1 is 0.900 bits per heavy atom. The molecule has 1 aromatic heterocycles. The van der Waals surface area contributed by atoms with E-state index in [-0.39, 0.29) is 0 Å². The highest BCUT2D eigenvalue weighted by Crippen LogP contribution is 2.63. The van der Waals surface area contributed by atoms with Crippen LogP contribution < -0.4 is 14.1 Å². The van der Waals surface area contributed by atoms with Gasteiger partial charge in [0.25, 0.3) is 0 Å². The molecule has 2 heterocycles. The zero-order valence-electron chi connectivity index (χ0n) is 16.3. The van der Waals surface area contributed by atoms with Crippen molar-refractivity contribution in [2.75, 3.05) is 14.2 Å². The standard InChI is InChI=1S/C20H20N2O6P2/c1-25-29(23,26-2)20(15-11-13-21-14-12-15)22-30(24)27-18-9-5-3-7-16(18)17-8-4-6-10-19(17)28-30/h3-14,20H,1-2H3,(H,22,24). The van der Waals surface area contributed by atoms with Gasteiger partial charge in [-0.1, -0.05) is 36.4 Å². The second kappa shape index (κ2) is 8.34. The van der Waals surface area contributed by atoms with E-state index in [0.29, 0.717) is 17.1 Å². The van der Waals surface area contributed by atoms with Crippen LogP contribution in [0.2, 0.25) is 0 Å². The van der Waals surface area contributed by atoms with Gasteiger partial charge < -0.3 is 18.1 Å². The molecule has 0 amide bonds. The van der Waals surface area contributed by atoms with Crippen molar-refractivity contribution in [2.45, 2.75) is 5.78 Å². The average Bonchev–Trinajstić information content (AvgIpc) is 2.91. The highest BCUT2D eigenvalue weighted by atomic mass is 31.2. The molecule has 1 unspecified atom stereocenters. The molecule has 3 aromatic rings. The first-order valence-electron chi connectivity index (χ1n) is 9.04. The van der Waals surface area contributed by atoms with E-state index >= 15 is 0 Å². The fourth-order valence-electron chi connectivity index (χ4n) is 3.18. The Hall–Kier alpha value is -2.47. The van der Waals surface area contributed by atoms with Crippen molar-refractivity contribution in [2.24, 2.45) is 0 Å². The van der Waals surface area contributed by atoms with Crippen LogP contribution in [-0.2, 0) is 18.2 Å². The number of nitrogens with one attached hydrogen (secondary N) is 1. The summed E-state index contributed by atoms with van der Waals surface area (Å²) in [6, 6.07) is 17.6. The van der Waals surface area contributed by atoms with E-state index in [4.69, 9.17) is 18.1 Å². The van der Waals surface area contributed by atoms with E-state index in [2.05, 4.69) is 10.1 Å². The van der Waals surface area contributed by atoms with Crippen LogP contribution in [0.4, 0.5) is 0 Å². The summed E-state index contributed by atoms with van der Waals surface area (Å²) >= 11 is 0. The summed E-state index contributed by atoms with van der Waals surface area (Å²) < 4.78 is 49.2. The largest absolute Gasteiger partial charge is 0.514 e. The van der Waals surface area contributed by atoms with Crippen LogP contribution in [0.25, 0.3) is 11.1 Å². The first kappa shape index (κ1) is 20.8. The predicted molar refractivity (Wildman–Crippen MR) is 112 cm³/mol. The van der Waals surface area contributed by atoms with Gasteiger partial charge >= 0.3 is 15.3 Å². The number of benzene rings is 2. The normalized spacial score (nSPS) is 15.7. The average molecular weight is 446 g/mol. The summed E-state index contributed by atoms with van der Waals surface area (Å²) in [7, 11) is -5.33. The quantitative estimate of drug-likeness (QED) is 0.503. The summed E-state index contributed by atoms with van der Waals surface area (Å²) in [5, 5.41) is 2.78. The zero-order chi connectivity index (χ0) is 21.2. The third-order valence-corrected chi connectivity index (χ3v) is 8.36. The molecule has 1 N–H and O–H groups in total. The lowest BCUT2D eigenvalue weighted by Gasteiger charge is -2.28. The van der Waals surface area contributed by atoms with Crippen LogP contribution in [0.3, 0.4) is 0 Å². The SMILES string of the molecule is COP(=O)(OC)C(NP1(=O)Oc2ccccc2-c2ccccc2O1)c1ccncc1. The Kier molecular flexibility index (Phi) is 5.78. The molecule has 4 rings (SSSR count). The Bertz CT molecular complexity index is 1080. The first-order chi connectivity index (χ1) is 14.5. The second-order valence-electron chi connectivity index (χ2n) is 6.39. The third-order valence-electron chi connectivity index (χ3n) is 4.63. The molecule has 8 nitrogen and oxygen atoms in total. The number of hydrogen-bond donors (Lipinski definition) is 1. The van der Waals surface area contributed by atoms with Crippen LogP contribution >= 0.6 is 15.3 Å². The summed E-state index contributed by atoms with van der Waals surface area (Å²) in [5.41, 5.74) is 1.95. The Morgan fingerprint density at radius 2 is 1.40 bits per heavy atom. The van der Waals surface area contributed by atoms with Gasteiger partial charge in [0.2, 0.25) is 0 Å². The van der Waals surface area contributed by atoms with Crippen LogP contribution in [0.1, 0.15) is 11.3 Å². The van der Waals surface area contributed by atoms with Crippen molar-refractivity contribution in [1.82, 2.24) is 10.1 Å². The summed E-state index contributed by atoms with van der Waals surface area (Å²) in [6.45, 7) is 0. The molecule has 2 aromatic carbocycles. The van der Waals surface area contributed by atoms with E-state index in [0.717, 1.165) is 11.1 Å². The molecule has 1 aliphatic heterocycles. The van der Waals surface area contributed by atoms with Crippen molar-refractivity contribution in [1.29, 1.82) is 0 Å². The lowest BCUT2D eigenvalue weighted by molar-refractivity contribution is 0.260. The van der Waals surface area contributed by atoms with Crippen molar-refractivity contribution >= 4 is 15.3 Å². The maximum Gasteiger partial charge on any atom is 0.514 e. The summed E-state index contributed by atoms with van der Waals surface area (Å²) in [6.07, 6.45) is 3.05. The van der Waals surface area contributed by atoms with E-state index in [1.54, 1.807) is 36.4 Å². The lowest BCUT2D eigenvalue weighted by Crippen LogP contribution is -2.25. The van der Waals surface area contributed by atoms with E-state index in [1.165, 1.54) is 26.6 Å². The minimum absolute atomic E-state index is 0.372. The van der Waals surface area contributed by atoms with E-state index in [9.17, 15) is 9.13 Å². The molecule has 0 radical (unpaired) electrons. The minimum atomic E-state index is -4.07. The lowest BCUT2D eigenvalue weighted by atomic mass is 10.0. The van der Waals surface area contributed by atoms with Crippen molar-refractivity contribution in [3.05, 3.63) is 78.6 Å². The van der Waals surface area contributed by atoms with Gasteiger partial charge in [-0.15, -0.1) is 0 Å². The highest BCUT2D eigenvalue weighted by Gasteiger charge is 2.44. The first-order valence-corrected chi connectivity index (χ1v) is 12.2. The van der Waals surface area contributed by atoms with Gasteiger partial charge in [-0.3, -0.25) is 9.55 Å². The van der Waals surface area contributed by atoms with Gasteiger partial charge in [-0.25, -0.2) is 4.57 Å². The summed E-state index contributed by atoms with van der Waals surface area (Å²) in [4.78, 5) is 3.97. The maximum atomic E-state index is 13.8. The highest BCUT2D eigenvalue weighted by molar-refractivity contribution is 7.57. The van der Waals surface area contributed by atoms with Crippen molar-refractivity contribution in [3.8, 4) is 22.6 Å². The number of hydrogen-bond acceptors (Lipinski definition) is 7. The van der Waals surface area contributed by atoms with E-state index < -0.39 is 21.1 Å². The molecule has 0 bridgehead atoms. The number of fused-ring (bicyclic) bond motifs is 3. The van der Waals surface area contributed by atoms with Crippen LogP contribution in [-0.4, -0.2) is 19.2 Å². The Morgan fingerprint density at radius 3 is 1.90 bits per heavy atom.